The zero-order valence-corrected chi connectivity index (χ0v) is 16.6. The van der Waals surface area contributed by atoms with Crippen LogP contribution < -0.4 is 23.5 Å². The number of hydrogen-bond donors (Lipinski definition) is 2. The van der Waals surface area contributed by atoms with Crippen molar-refractivity contribution in [1.82, 2.24) is 0 Å². The Morgan fingerprint density at radius 2 is 1.41 bits per heavy atom. The van der Waals surface area contributed by atoms with Crippen molar-refractivity contribution in [3.8, 4) is 28.7 Å². The van der Waals surface area contributed by atoms with Gasteiger partial charge < -0.3 is 23.5 Å². The molecule has 0 aliphatic heterocycles. The molecular formula is C18H19F2O8P. The van der Waals surface area contributed by atoms with Crippen LogP contribution in [-0.2, 0) is 4.57 Å². The summed E-state index contributed by atoms with van der Waals surface area (Å²) in [4.78, 5) is 18.0. The van der Waals surface area contributed by atoms with Gasteiger partial charge in [-0.25, -0.2) is 4.57 Å². The SMILES string of the molecule is COc1cc(/C=C\c2ccc(OC(F)F)c(OP(=O)(O)O)c2)cc(OC)c1OC. The topological polar surface area (TPSA) is 104 Å². The molecule has 0 atom stereocenters. The van der Waals surface area contributed by atoms with Gasteiger partial charge in [-0.05, 0) is 35.4 Å². The van der Waals surface area contributed by atoms with Gasteiger partial charge in [0, 0.05) is 0 Å². The van der Waals surface area contributed by atoms with Gasteiger partial charge in [-0.2, -0.15) is 8.78 Å². The molecule has 2 aromatic rings. The van der Waals surface area contributed by atoms with E-state index in [4.69, 9.17) is 24.0 Å². The Morgan fingerprint density at radius 3 is 1.90 bits per heavy atom. The van der Waals surface area contributed by atoms with E-state index in [-0.39, 0.29) is 0 Å². The van der Waals surface area contributed by atoms with Gasteiger partial charge in [-0.15, -0.1) is 0 Å². The highest BCUT2D eigenvalue weighted by Gasteiger charge is 2.21. The fourth-order valence-electron chi connectivity index (χ4n) is 2.41. The molecule has 0 amide bonds. The lowest BCUT2D eigenvalue weighted by Crippen LogP contribution is -2.04. The predicted octanol–water partition coefficient (Wildman–Crippen LogP) is 3.96. The van der Waals surface area contributed by atoms with Crippen LogP contribution in [0.2, 0.25) is 0 Å². The minimum Gasteiger partial charge on any atom is -0.493 e. The molecule has 0 bridgehead atoms. The standard InChI is InChI=1S/C18H19F2O8P/c1-24-15-9-12(10-16(25-2)17(15)26-3)5-4-11-6-7-13(27-18(19)20)14(8-11)28-29(21,22)23/h4-10,18H,1-3H3,(H2,21,22,23)/b5-4-. The summed E-state index contributed by atoms with van der Waals surface area (Å²) in [5.74, 6) is 0.243. The monoisotopic (exact) mass is 432 g/mol. The first kappa shape index (κ1) is 22.5. The predicted molar refractivity (Wildman–Crippen MR) is 101 cm³/mol. The molecule has 0 unspecified atom stereocenters. The lowest BCUT2D eigenvalue weighted by molar-refractivity contribution is -0.0509. The maximum atomic E-state index is 12.5. The number of benzene rings is 2. The highest BCUT2D eigenvalue weighted by Crippen LogP contribution is 2.43. The number of methoxy groups -OCH3 is 3. The van der Waals surface area contributed by atoms with Crippen molar-refractivity contribution < 1.29 is 46.6 Å². The average Bonchev–Trinajstić information content (AvgIpc) is 2.65. The zero-order chi connectivity index (χ0) is 21.6. The van der Waals surface area contributed by atoms with Crippen molar-refractivity contribution in [1.29, 1.82) is 0 Å². The van der Waals surface area contributed by atoms with Gasteiger partial charge in [-0.1, -0.05) is 18.2 Å². The van der Waals surface area contributed by atoms with Crippen LogP contribution in [0.15, 0.2) is 30.3 Å². The Hall–Kier alpha value is -2.81. The summed E-state index contributed by atoms with van der Waals surface area (Å²) >= 11 is 0. The maximum Gasteiger partial charge on any atom is 0.524 e. The van der Waals surface area contributed by atoms with Gasteiger partial charge in [0.25, 0.3) is 0 Å². The van der Waals surface area contributed by atoms with E-state index in [1.807, 2.05) is 0 Å². The summed E-state index contributed by atoms with van der Waals surface area (Å²) in [6.07, 6.45) is 3.22. The molecule has 0 heterocycles. The number of phosphoric acid groups is 1. The van der Waals surface area contributed by atoms with Gasteiger partial charge in [0.1, 0.15) is 0 Å². The Kier molecular flexibility index (Phi) is 7.44. The second-order valence-corrected chi connectivity index (χ2v) is 6.62. The fraction of sp³-hybridized carbons (Fsp3) is 0.222. The molecule has 2 aromatic carbocycles. The Bertz CT molecular complexity index is 901. The molecule has 158 valence electrons. The molecule has 0 aliphatic rings. The van der Waals surface area contributed by atoms with Gasteiger partial charge in [0.05, 0.1) is 21.3 Å². The van der Waals surface area contributed by atoms with Crippen molar-refractivity contribution in [2.45, 2.75) is 6.61 Å². The molecule has 0 spiro atoms. The molecule has 0 radical (unpaired) electrons. The van der Waals surface area contributed by atoms with Crippen LogP contribution in [0.25, 0.3) is 12.2 Å². The quantitative estimate of drug-likeness (QED) is 0.454. The minimum absolute atomic E-state index is 0.406. The van der Waals surface area contributed by atoms with Crippen molar-refractivity contribution in [2.75, 3.05) is 21.3 Å². The summed E-state index contributed by atoms with van der Waals surface area (Å²) in [6.45, 7) is -3.19. The van der Waals surface area contributed by atoms with E-state index in [2.05, 4.69) is 9.26 Å². The van der Waals surface area contributed by atoms with Crippen LogP contribution in [0.4, 0.5) is 8.78 Å². The summed E-state index contributed by atoms with van der Waals surface area (Å²) in [5, 5.41) is 0. The molecule has 0 aliphatic carbocycles. The van der Waals surface area contributed by atoms with Gasteiger partial charge in [0.2, 0.25) is 5.75 Å². The van der Waals surface area contributed by atoms with Crippen molar-refractivity contribution in [3.05, 3.63) is 41.5 Å². The van der Waals surface area contributed by atoms with Crippen LogP contribution in [0, 0.1) is 0 Å². The number of rotatable bonds is 9. The average molecular weight is 432 g/mol. The van der Waals surface area contributed by atoms with E-state index >= 15 is 0 Å². The van der Waals surface area contributed by atoms with E-state index in [0.717, 1.165) is 12.1 Å². The first-order valence-electron chi connectivity index (χ1n) is 7.99. The molecule has 8 nitrogen and oxygen atoms in total. The Balaban J connectivity index is 2.39. The van der Waals surface area contributed by atoms with E-state index in [0.29, 0.717) is 28.4 Å². The van der Waals surface area contributed by atoms with E-state index in [9.17, 15) is 13.3 Å². The lowest BCUT2D eigenvalue weighted by atomic mass is 10.1. The summed E-state index contributed by atoms with van der Waals surface area (Å²) in [6, 6.07) is 7.05. The zero-order valence-electron chi connectivity index (χ0n) is 15.7. The Labute approximate surface area is 165 Å². The first-order chi connectivity index (χ1) is 13.7. The Morgan fingerprint density at radius 1 is 0.862 bits per heavy atom. The van der Waals surface area contributed by atoms with Crippen LogP contribution in [0.3, 0.4) is 0 Å². The third kappa shape index (κ3) is 6.35. The molecular weight excluding hydrogens is 413 g/mol. The number of hydrogen-bond acceptors (Lipinski definition) is 6. The molecule has 2 rings (SSSR count). The molecule has 0 saturated heterocycles. The number of ether oxygens (including phenoxy) is 4. The lowest BCUT2D eigenvalue weighted by Gasteiger charge is -2.13. The third-order valence-electron chi connectivity index (χ3n) is 3.56. The van der Waals surface area contributed by atoms with Crippen LogP contribution in [0.5, 0.6) is 28.7 Å². The summed E-state index contributed by atoms with van der Waals surface area (Å²) in [5.41, 5.74) is 1.06. The van der Waals surface area contributed by atoms with Crippen molar-refractivity contribution in [2.24, 2.45) is 0 Å². The third-order valence-corrected chi connectivity index (χ3v) is 3.99. The van der Waals surface area contributed by atoms with Crippen molar-refractivity contribution >= 4 is 20.0 Å². The second kappa shape index (κ2) is 9.60. The minimum atomic E-state index is -4.98. The van der Waals surface area contributed by atoms with E-state index < -0.39 is 25.9 Å². The van der Waals surface area contributed by atoms with Crippen LogP contribution in [0.1, 0.15) is 11.1 Å². The van der Waals surface area contributed by atoms with Crippen molar-refractivity contribution in [3.63, 3.8) is 0 Å². The second-order valence-electron chi connectivity index (χ2n) is 5.46. The largest absolute Gasteiger partial charge is 0.524 e. The molecule has 0 aromatic heterocycles. The van der Waals surface area contributed by atoms with Gasteiger partial charge in [-0.3, -0.25) is 9.79 Å². The maximum absolute atomic E-state index is 12.5. The van der Waals surface area contributed by atoms with E-state index in [1.165, 1.54) is 27.4 Å². The fourth-order valence-corrected chi connectivity index (χ4v) is 2.81. The molecule has 2 N–H and O–H groups in total. The number of halogens is 2. The normalized spacial score (nSPS) is 11.6. The highest BCUT2D eigenvalue weighted by molar-refractivity contribution is 7.46. The van der Waals surface area contributed by atoms with E-state index in [1.54, 1.807) is 24.3 Å². The summed E-state index contributed by atoms with van der Waals surface area (Å²) < 4.78 is 60.5. The molecule has 11 heteroatoms. The van der Waals surface area contributed by atoms with Crippen LogP contribution >= 0.6 is 7.82 Å². The van der Waals surface area contributed by atoms with Crippen LogP contribution in [-0.4, -0.2) is 37.7 Å². The number of alkyl halides is 2. The molecule has 0 fully saturated rings. The summed E-state index contributed by atoms with van der Waals surface area (Å²) in [7, 11) is -0.567. The smallest absolute Gasteiger partial charge is 0.493 e. The molecule has 0 saturated carbocycles. The highest BCUT2D eigenvalue weighted by atomic mass is 31.2. The number of phosphoric ester groups is 1. The van der Waals surface area contributed by atoms with Gasteiger partial charge >= 0.3 is 14.4 Å². The first-order valence-corrected chi connectivity index (χ1v) is 9.52. The van der Waals surface area contributed by atoms with Gasteiger partial charge in [0.15, 0.2) is 23.0 Å². The molecule has 29 heavy (non-hydrogen) atoms.